The first-order chi connectivity index (χ1) is 9.82. The smallest absolute Gasteiger partial charge is 0.261 e. The zero-order valence-electron chi connectivity index (χ0n) is 9.99. The molecule has 1 amide bonds. The first kappa shape index (κ1) is 15.4. The van der Waals surface area contributed by atoms with E-state index in [1.165, 1.54) is 18.2 Å². The normalized spacial score (nSPS) is 10.6. The van der Waals surface area contributed by atoms with Crippen molar-refractivity contribution in [1.82, 2.24) is 0 Å². The topological polar surface area (TPSA) is 29.1 Å². The van der Waals surface area contributed by atoms with Crippen LogP contribution in [0.2, 0.25) is 0 Å². The molecule has 0 bridgehead atoms. The van der Waals surface area contributed by atoms with Gasteiger partial charge in [-0.2, -0.15) is 0 Å². The van der Waals surface area contributed by atoms with Crippen LogP contribution in [0, 0.1) is 29.1 Å². The van der Waals surface area contributed by atoms with Crippen LogP contribution in [0.4, 0.5) is 27.6 Å². The first-order valence-corrected chi connectivity index (χ1v) is 6.20. The van der Waals surface area contributed by atoms with Crippen LogP contribution in [-0.4, -0.2) is 5.91 Å². The molecule has 0 radical (unpaired) electrons. The third-order valence-corrected chi connectivity index (χ3v) is 3.01. The molecular weight excluding hydrogens is 361 g/mol. The lowest BCUT2D eigenvalue weighted by molar-refractivity contribution is 0.101. The summed E-state index contributed by atoms with van der Waals surface area (Å²) in [5, 5.41) is 2.05. The van der Waals surface area contributed by atoms with Crippen molar-refractivity contribution in [3.8, 4) is 0 Å². The summed E-state index contributed by atoms with van der Waals surface area (Å²) in [6.07, 6.45) is 0. The Hall–Kier alpha value is -1.96. The van der Waals surface area contributed by atoms with Gasteiger partial charge in [-0.15, -0.1) is 0 Å². The Balaban J connectivity index is 2.45. The lowest BCUT2D eigenvalue weighted by atomic mass is 10.1. The van der Waals surface area contributed by atoms with E-state index in [0.29, 0.717) is 4.47 Å². The number of hydrogen-bond donors (Lipinski definition) is 1. The third kappa shape index (κ3) is 2.90. The summed E-state index contributed by atoms with van der Waals surface area (Å²) in [6.45, 7) is 0. The summed E-state index contributed by atoms with van der Waals surface area (Å²) in [5.74, 6) is -12.5. The second-order valence-corrected chi connectivity index (χ2v) is 4.83. The lowest BCUT2D eigenvalue weighted by Gasteiger charge is -2.09. The molecule has 2 aromatic carbocycles. The van der Waals surface area contributed by atoms with Crippen molar-refractivity contribution < 1.29 is 26.7 Å². The van der Waals surface area contributed by atoms with Crippen molar-refractivity contribution in [3.63, 3.8) is 0 Å². The van der Waals surface area contributed by atoms with Crippen LogP contribution in [0.5, 0.6) is 0 Å². The second-order valence-electron chi connectivity index (χ2n) is 3.91. The fourth-order valence-electron chi connectivity index (χ4n) is 1.56. The van der Waals surface area contributed by atoms with Crippen LogP contribution < -0.4 is 5.32 Å². The minimum atomic E-state index is -2.32. The van der Waals surface area contributed by atoms with Crippen LogP contribution in [-0.2, 0) is 0 Å². The van der Waals surface area contributed by atoms with Gasteiger partial charge in [-0.05, 0) is 18.2 Å². The summed E-state index contributed by atoms with van der Waals surface area (Å²) in [4.78, 5) is 11.7. The van der Waals surface area contributed by atoms with Gasteiger partial charge in [0.15, 0.2) is 23.3 Å². The molecule has 0 heterocycles. The molecule has 0 saturated heterocycles. The standard InChI is InChI=1S/C13H5BrF5NO/c14-5-2-1-3-6(4-5)20-13(21)7-8(15)10(17)12(19)11(18)9(7)16/h1-4H,(H,20,21). The first-order valence-electron chi connectivity index (χ1n) is 5.41. The Kier molecular flexibility index (Phi) is 4.26. The molecule has 0 saturated carbocycles. The number of nitrogens with one attached hydrogen (secondary N) is 1. The van der Waals surface area contributed by atoms with Crippen LogP contribution in [0.1, 0.15) is 10.4 Å². The summed E-state index contributed by atoms with van der Waals surface area (Å²) in [6, 6.07) is 5.91. The van der Waals surface area contributed by atoms with E-state index in [-0.39, 0.29) is 5.69 Å². The van der Waals surface area contributed by atoms with Gasteiger partial charge in [0.25, 0.3) is 5.91 Å². The van der Waals surface area contributed by atoms with Crippen molar-refractivity contribution in [2.24, 2.45) is 0 Å². The summed E-state index contributed by atoms with van der Waals surface area (Å²) in [7, 11) is 0. The van der Waals surface area contributed by atoms with Crippen LogP contribution in [0.15, 0.2) is 28.7 Å². The van der Waals surface area contributed by atoms with Gasteiger partial charge in [0.1, 0.15) is 5.56 Å². The number of amides is 1. The summed E-state index contributed by atoms with van der Waals surface area (Å²) < 4.78 is 66.4. The molecule has 2 nitrogen and oxygen atoms in total. The number of anilines is 1. The molecule has 21 heavy (non-hydrogen) atoms. The van der Waals surface area contributed by atoms with Crippen molar-refractivity contribution in [3.05, 3.63) is 63.4 Å². The maximum absolute atomic E-state index is 13.4. The van der Waals surface area contributed by atoms with E-state index < -0.39 is 40.6 Å². The van der Waals surface area contributed by atoms with Crippen molar-refractivity contribution >= 4 is 27.5 Å². The number of rotatable bonds is 2. The summed E-state index contributed by atoms with van der Waals surface area (Å²) in [5.41, 5.74) is -1.41. The minimum Gasteiger partial charge on any atom is -0.322 e. The van der Waals surface area contributed by atoms with Gasteiger partial charge in [-0.3, -0.25) is 4.79 Å². The molecule has 2 rings (SSSR count). The number of halogens is 6. The molecule has 2 aromatic rings. The molecule has 0 spiro atoms. The van der Waals surface area contributed by atoms with E-state index in [4.69, 9.17) is 0 Å². The van der Waals surface area contributed by atoms with Gasteiger partial charge in [0.2, 0.25) is 5.82 Å². The van der Waals surface area contributed by atoms with Gasteiger partial charge in [0, 0.05) is 10.2 Å². The largest absolute Gasteiger partial charge is 0.322 e. The van der Waals surface area contributed by atoms with Gasteiger partial charge in [0.05, 0.1) is 0 Å². The molecule has 0 fully saturated rings. The number of hydrogen-bond acceptors (Lipinski definition) is 1. The zero-order valence-corrected chi connectivity index (χ0v) is 11.6. The molecule has 110 valence electrons. The molecular formula is C13H5BrF5NO. The predicted octanol–water partition coefficient (Wildman–Crippen LogP) is 4.40. The highest BCUT2D eigenvalue weighted by molar-refractivity contribution is 9.10. The van der Waals surface area contributed by atoms with Gasteiger partial charge in [-0.25, -0.2) is 22.0 Å². The molecule has 8 heteroatoms. The van der Waals surface area contributed by atoms with Gasteiger partial charge < -0.3 is 5.32 Å². The summed E-state index contributed by atoms with van der Waals surface area (Å²) >= 11 is 3.10. The molecule has 0 aromatic heterocycles. The SMILES string of the molecule is O=C(Nc1cccc(Br)c1)c1c(F)c(F)c(F)c(F)c1F. The molecule has 1 N–H and O–H groups in total. The molecule has 0 atom stereocenters. The van der Waals surface area contributed by atoms with Crippen LogP contribution >= 0.6 is 15.9 Å². The average Bonchev–Trinajstić information content (AvgIpc) is 2.43. The fraction of sp³-hybridized carbons (Fsp3) is 0. The van der Waals surface area contributed by atoms with E-state index >= 15 is 0 Å². The highest BCUT2D eigenvalue weighted by atomic mass is 79.9. The van der Waals surface area contributed by atoms with Crippen LogP contribution in [0.3, 0.4) is 0 Å². The van der Waals surface area contributed by atoms with E-state index in [2.05, 4.69) is 15.9 Å². The predicted molar refractivity (Wildman–Crippen MR) is 68.3 cm³/mol. The maximum atomic E-state index is 13.4. The Labute approximate surface area is 123 Å². The number of benzene rings is 2. The molecule has 0 aliphatic heterocycles. The van der Waals surface area contributed by atoms with Gasteiger partial charge >= 0.3 is 0 Å². The van der Waals surface area contributed by atoms with Crippen LogP contribution in [0.25, 0.3) is 0 Å². The average molecular weight is 366 g/mol. The molecule has 0 aliphatic rings. The number of carbonyl (C=O) groups excluding carboxylic acids is 1. The lowest BCUT2D eigenvalue weighted by Crippen LogP contribution is -2.19. The van der Waals surface area contributed by atoms with Crippen molar-refractivity contribution in [1.29, 1.82) is 0 Å². The van der Waals surface area contributed by atoms with E-state index in [9.17, 15) is 26.7 Å². The Morgan fingerprint density at radius 3 is 1.95 bits per heavy atom. The van der Waals surface area contributed by atoms with E-state index in [0.717, 1.165) is 0 Å². The molecule has 0 aliphatic carbocycles. The van der Waals surface area contributed by atoms with Gasteiger partial charge in [-0.1, -0.05) is 22.0 Å². The zero-order chi connectivity index (χ0) is 15.7. The Morgan fingerprint density at radius 1 is 0.905 bits per heavy atom. The second kappa shape index (κ2) is 5.80. The fourth-order valence-corrected chi connectivity index (χ4v) is 1.96. The quantitative estimate of drug-likeness (QED) is 0.477. The molecule has 0 unspecified atom stereocenters. The van der Waals surface area contributed by atoms with Crippen molar-refractivity contribution in [2.75, 3.05) is 5.32 Å². The van der Waals surface area contributed by atoms with Crippen molar-refractivity contribution in [2.45, 2.75) is 0 Å². The highest BCUT2D eigenvalue weighted by Gasteiger charge is 2.29. The maximum Gasteiger partial charge on any atom is 0.261 e. The highest BCUT2D eigenvalue weighted by Crippen LogP contribution is 2.24. The monoisotopic (exact) mass is 365 g/mol. The minimum absolute atomic E-state index is 0.123. The van der Waals surface area contributed by atoms with E-state index in [1.807, 2.05) is 5.32 Å². The third-order valence-electron chi connectivity index (χ3n) is 2.52. The van der Waals surface area contributed by atoms with E-state index in [1.54, 1.807) is 6.07 Å². The number of carbonyl (C=O) groups is 1. The Morgan fingerprint density at radius 2 is 1.43 bits per heavy atom. The Bertz CT molecular complexity index is 706.